The Kier molecular flexibility index (Phi) is 5.42. The molecule has 1 aliphatic rings. The van der Waals surface area contributed by atoms with E-state index in [0.29, 0.717) is 13.2 Å². The van der Waals surface area contributed by atoms with Crippen LogP contribution in [0.4, 0.5) is 4.79 Å². The Morgan fingerprint density at radius 1 is 1.67 bits per heavy atom. The van der Waals surface area contributed by atoms with Gasteiger partial charge in [-0.25, -0.2) is 4.79 Å². The van der Waals surface area contributed by atoms with E-state index < -0.39 is 0 Å². The number of carbonyl (C=O) groups excluding carboxylic acids is 1. The number of methoxy groups -OCH3 is 1. The van der Waals surface area contributed by atoms with E-state index in [1.807, 2.05) is 6.92 Å². The molecule has 1 fully saturated rings. The zero-order chi connectivity index (χ0) is 11.1. The van der Waals surface area contributed by atoms with Crippen LogP contribution in [0, 0.1) is 0 Å². The summed E-state index contributed by atoms with van der Waals surface area (Å²) in [6, 6.07) is -0.0925. The average Bonchev–Trinajstić information content (AvgIpc) is 2.70. The van der Waals surface area contributed by atoms with Crippen molar-refractivity contribution in [3.8, 4) is 0 Å². The molecule has 2 N–H and O–H groups in total. The molecule has 2 atom stereocenters. The quantitative estimate of drug-likeness (QED) is 0.658. The van der Waals surface area contributed by atoms with E-state index in [1.54, 1.807) is 7.11 Å². The molecule has 1 rings (SSSR count). The van der Waals surface area contributed by atoms with E-state index in [2.05, 4.69) is 10.6 Å². The van der Waals surface area contributed by atoms with Crippen LogP contribution in [-0.4, -0.2) is 45.0 Å². The molecule has 0 aromatic heterocycles. The lowest BCUT2D eigenvalue weighted by Crippen LogP contribution is -2.46. The fraction of sp³-hybridized carbons (Fsp3) is 0.900. The van der Waals surface area contributed by atoms with Crippen LogP contribution in [0.2, 0.25) is 0 Å². The third-order valence-electron chi connectivity index (χ3n) is 2.47. The van der Waals surface area contributed by atoms with Gasteiger partial charge in [-0.1, -0.05) is 0 Å². The predicted octanol–water partition coefficient (Wildman–Crippen LogP) is 0.500. The van der Waals surface area contributed by atoms with Gasteiger partial charge in [-0.2, -0.15) is 0 Å². The van der Waals surface area contributed by atoms with Crippen molar-refractivity contribution in [2.45, 2.75) is 31.9 Å². The average molecular weight is 216 g/mol. The van der Waals surface area contributed by atoms with E-state index in [4.69, 9.17) is 9.47 Å². The van der Waals surface area contributed by atoms with Gasteiger partial charge in [-0.05, 0) is 19.8 Å². The fourth-order valence-electron chi connectivity index (χ4n) is 1.61. The summed E-state index contributed by atoms with van der Waals surface area (Å²) in [5.41, 5.74) is 0. The van der Waals surface area contributed by atoms with E-state index >= 15 is 0 Å². The maximum absolute atomic E-state index is 11.4. The largest absolute Gasteiger partial charge is 0.383 e. The molecule has 2 amide bonds. The van der Waals surface area contributed by atoms with Crippen LogP contribution in [0.1, 0.15) is 19.8 Å². The van der Waals surface area contributed by atoms with Crippen molar-refractivity contribution in [2.24, 2.45) is 0 Å². The number of amides is 2. The molecular formula is C10H20N2O3. The number of ether oxygens (including phenoxy) is 2. The summed E-state index contributed by atoms with van der Waals surface area (Å²) in [6.07, 6.45) is 2.28. The number of carbonyl (C=O) groups is 1. The van der Waals surface area contributed by atoms with Gasteiger partial charge < -0.3 is 20.1 Å². The monoisotopic (exact) mass is 216 g/mol. The summed E-state index contributed by atoms with van der Waals surface area (Å²) >= 11 is 0. The van der Waals surface area contributed by atoms with Gasteiger partial charge in [0.05, 0.1) is 18.8 Å². The molecule has 15 heavy (non-hydrogen) atoms. The van der Waals surface area contributed by atoms with Crippen molar-refractivity contribution in [3.05, 3.63) is 0 Å². The molecule has 1 heterocycles. The smallest absolute Gasteiger partial charge is 0.315 e. The molecule has 0 spiro atoms. The minimum absolute atomic E-state index is 0.0649. The van der Waals surface area contributed by atoms with Crippen LogP contribution in [0.15, 0.2) is 0 Å². The van der Waals surface area contributed by atoms with Crippen LogP contribution in [0.25, 0.3) is 0 Å². The summed E-state index contributed by atoms with van der Waals surface area (Å²) in [7, 11) is 1.61. The maximum Gasteiger partial charge on any atom is 0.315 e. The molecule has 1 aliphatic heterocycles. The summed E-state index contributed by atoms with van der Waals surface area (Å²) in [6.45, 7) is 3.83. The zero-order valence-electron chi connectivity index (χ0n) is 9.41. The van der Waals surface area contributed by atoms with E-state index in [9.17, 15) is 4.79 Å². The summed E-state index contributed by atoms with van der Waals surface area (Å²) < 4.78 is 10.3. The Morgan fingerprint density at radius 3 is 3.07 bits per heavy atom. The van der Waals surface area contributed by atoms with Crippen LogP contribution in [-0.2, 0) is 9.47 Å². The molecule has 2 unspecified atom stereocenters. The molecule has 0 bridgehead atoms. The number of urea groups is 1. The van der Waals surface area contributed by atoms with Gasteiger partial charge in [0.2, 0.25) is 0 Å². The zero-order valence-corrected chi connectivity index (χ0v) is 9.41. The van der Waals surface area contributed by atoms with Gasteiger partial charge in [0.25, 0.3) is 0 Å². The summed E-state index contributed by atoms with van der Waals surface area (Å²) in [4.78, 5) is 11.4. The van der Waals surface area contributed by atoms with Crippen molar-refractivity contribution in [1.82, 2.24) is 10.6 Å². The van der Waals surface area contributed by atoms with Crippen LogP contribution in [0.3, 0.4) is 0 Å². The van der Waals surface area contributed by atoms with Gasteiger partial charge >= 0.3 is 6.03 Å². The normalized spacial score (nSPS) is 22.4. The second-order valence-corrected chi connectivity index (χ2v) is 3.73. The van der Waals surface area contributed by atoms with Gasteiger partial charge in [-0.15, -0.1) is 0 Å². The highest BCUT2D eigenvalue weighted by atomic mass is 16.5. The molecule has 5 nitrogen and oxygen atoms in total. The van der Waals surface area contributed by atoms with Crippen LogP contribution >= 0.6 is 0 Å². The molecule has 0 radical (unpaired) electrons. The molecule has 0 saturated carbocycles. The first kappa shape index (κ1) is 12.3. The Balaban J connectivity index is 2.13. The van der Waals surface area contributed by atoms with Crippen molar-refractivity contribution in [1.29, 1.82) is 0 Å². The lowest BCUT2D eigenvalue weighted by molar-refractivity contribution is 0.0859. The first-order valence-electron chi connectivity index (χ1n) is 5.39. The number of hydrogen-bond acceptors (Lipinski definition) is 3. The van der Waals surface area contributed by atoms with Crippen LogP contribution in [0.5, 0.6) is 0 Å². The van der Waals surface area contributed by atoms with E-state index in [0.717, 1.165) is 19.4 Å². The molecule has 88 valence electrons. The van der Waals surface area contributed by atoms with Crippen molar-refractivity contribution in [3.63, 3.8) is 0 Å². The molecule has 1 saturated heterocycles. The standard InChI is InChI=1S/C10H20N2O3/c1-8(9-4-3-6-15-9)12-10(13)11-5-7-14-2/h8-9H,3-7H2,1-2H3,(H2,11,12,13). The lowest BCUT2D eigenvalue weighted by Gasteiger charge is -2.20. The SMILES string of the molecule is COCCNC(=O)NC(C)C1CCCO1. The number of rotatable bonds is 5. The molecule has 0 aromatic carbocycles. The second kappa shape index (κ2) is 6.63. The van der Waals surface area contributed by atoms with E-state index in [1.165, 1.54) is 0 Å². The third-order valence-corrected chi connectivity index (χ3v) is 2.47. The van der Waals surface area contributed by atoms with Gasteiger partial charge in [0, 0.05) is 20.3 Å². The predicted molar refractivity (Wildman–Crippen MR) is 56.8 cm³/mol. The highest BCUT2D eigenvalue weighted by Gasteiger charge is 2.23. The minimum Gasteiger partial charge on any atom is -0.383 e. The fourth-order valence-corrected chi connectivity index (χ4v) is 1.61. The van der Waals surface area contributed by atoms with Crippen LogP contribution < -0.4 is 10.6 Å². The molecule has 0 aromatic rings. The van der Waals surface area contributed by atoms with Crippen molar-refractivity contribution >= 4 is 6.03 Å². The molecular weight excluding hydrogens is 196 g/mol. The Bertz CT molecular complexity index is 193. The Labute approximate surface area is 90.5 Å². The number of nitrogens with one attached hydrogen (secondary N) is 2. The summed E-state index contributed by atoms with van der Waals surface area (Å²) in [5, 5.41) is 5.56. The van der Waals surface area contributed by atoms with E-state index in [-0.39, 0.29) is 18.2 Å². The Morgan fingerprint density at radius 2 is 2.47 bits per heavy atom. The third kappa shape index (κ3) is 4.48. The second-order valence-electron chi connectivity index (χ2n) is 3.73. The first-order chi connectivity index (χ1) is 7.24. The highest BCUT2D eigenvalue weighted by Crippen LogP contribution is 2.14. The van der Waals surface area contributed by atoms with Crippen molar-refractivity contribution in [2.75, 3.05) is 26.9 Å². The topological polar surface area (TPSA) is 59.6 Å². The van der Waals surface area contributed by atoms with Gasteiger partial charge in [0.15, 0.2) is 0 Å². The Hall–Kier alpha value is -0.810. The molecule has 5 heteroatoms. The number of hydrogen-bond donors (Lipinski definition) is 2. The maximum atomic E-state index is 11.4. The van der Waals surface area contributed by atoms with Gasteiger partial charge in [0.1, 0.15) is 0 Å². The van der Waals surface area contributed by atoms with Gasteiger partial charge in [-0.3, -0.25) is 0 Å². The highest BCUT2D eigenvalue weighted by molar-refractivity contribution is 5.74. The lowest BCUT2D eigenvalue weighted by atomic mass is 10.1. The minimum atomic E-state index is -0.157. The van der Waals surface area contributed by atoms with Crippen molar-refractivity contribution < 1.29 is 14.3 Å². The first-order valence-corrected chi connectivity index (χ1v) is 5.39. The summed E-state index contributed by atoms with van der Waals surface area (Å²) in [5.74, 6) is 0. The molecule has 0 aliphatic carbocycles.